The molecule has 0 atom stereocenters. The van der Waals surface area contributed by atoms with E-state index in [9.17, 15) is 27.2 Å². The van der Waals surface area contributed by atoms with Crippen molar-refractivity contribution in [2.24, 2.45) is 0 Å². The third kappa shape index (κ3) is 6.82. The summed E-state index contributed by atoms with van der Waals surface area (Å²) in [6, 6.07) is 6.93. The predicted octanol–water partition coefficient (Wildman–Crippen LogP) is 3.35. The first-order valence-corrected chi connectivity index (χ1v) is 12.2. The van der Waals surface area contributed by atoms with Crippen LogP contribution in [0.3, 0.4) is 0 Å². The Kier molecular flexibility index (Phi) is 8.70. The van der Waals surface area contributed by atoms with E-state index in [1.165, 1.54) is 37.1 Å². The van der Waals surface area contributed by atoms with Gasteiger partial charge in [-0.05, 0) is 43.2 Å². The second kappa shape index (κ2) is 12.1. The van der Waals surface area contributed by atoms with E-state index in [1.807, 2.05) is 10.2 Å². The van der Waals surface area contributed by atoms with Gasteiger partial charge in [-0.2, -0.15) is 4.39 Å². The van der Waals surface area contributed by atoms with Crippen LogP contribution in [0, 0.1) is 11.8 Å². The van der Waals surface area contributed by atoms with E-state index >= 15 is 0 Å². The van der Waals surface area contributed by atoms with Crippen LogP contribution < -0.4 is 21.1 Å². The normalized spacial score (nSPS) is 16.1. The number of amides is 1. The summed E-state index contributed by atoms with van der Waals surface area (Å²) in [7, 11) is 0. The summed E-state index contributed by atoms with van der Waals surface area (Å²) < 4.78 is 50.9. The molecule has 1 aliphatic carbocycles. The number of piperazine rings is 1. The molecule has 0 radical (unpaired) electrons. The second-order valence-corrected chi connectivity index (χ2v) is 8.94. The molecule has 3 N–H and O–H groups in total. The van der Waals surface area contributed by atoms with Crippen LogP contribution in [0.5, 0.6) is 0 Å². The molecule has 2 aliphatic rings. The Labute approximate surface area is 210 Å². The van der Waals surface area contributed by atoms with Gasteiger partial charge in [0.2, 0.25) is 5.95 Å². The first-order valence-electron chi connectivity index (χ1n) is 12.2. The minimum atomic E-state index is -2.65. The summed E-state index contributed by atoms with van der Waals surface area (Å²) in [6.45, 7) is 2.01. The number of nitrogens with one attached hydrogen (secondary N) is 3. The Balaban J connectivity index is 0.000000175. The summed E-state index contributed by atoms with van der Waals surface area (Å²) in [5.41, 5.74) is 0.451. The van der Waals surface area contributed by atoms with E-state index in [1.54, 1.807) is 6.07 Å². The molecule has 1 saturated carbocycles. The van der Waals surface area contributed by atoms with Crippen molar-refractivity contribution in [2.45, 2.75) is 38.0 Å². The minimum absolute atomic E-state index is 0.206. The molecule has 1 saturated heterocycles. The van der Waals surface area contributed by atoms with Crippen molar-refractivity contribution in [3.63, 3.8) is 0 Å². The number of halogens is 4. The number of nitrogens with zero attached hydrogens (tertiary/aromatic N) is 3. The van der Waals surface area contributed by atoms with Crippen LogP contribution in [0.25, 0.3) is 10.9 Å². The number of carbonyl (C=O) groups excluding carboxylic acids is 1. The van der Waals surface area contributed by atoms with Gasteiger partial charge in [0.1, 0.15) is 17.3 Å². The monoisotopic (exact) mass is 520 g/mol. The number of aromatic nitrogens is 3. The Morgan fingerprint density at radius 2 is 1.81 bits per heavy atom. The number of H-pyrrole nitrogens is 1. The molecule has 1 aliphatic heterocycles. The van der Waals surface area contributed by atoms with Gasteiger partial charge in [-0.3, -0.25) is 9.59 Å². The fraction of sp³-hybridized carbons (Fsp3) is 0.440. The molecular weight excluding hydrogens is 492 g/mol. The molecule has 37 heavy (non-hydrogen) atoms. The van der Waals surface area contributed by atoms with Crippen molar-refractivity contribution in [1.29, 1.82) is 0 Å². The lowest BCUT2D eigenvalue weighted by Gasteiger charge is -2.29. The standard InChI is InChI=1S/C13H13FN2O.C12H15F3N4O/c14-9-5-6-11-10(7-9)13(17)16-12(15-11)8-3-1-2-4-8;13-10(14)7-17-12(20)8-1-2-9(11(15)18-8)19-5-3-16-4-6-19/h5-8H,1-4H2,(H,15,16,17);1-2,10,16H,3-7H2,(H,17,20). The van der Waals surface area contributed by atoms with Crippen LogP contribution in [0.15, 0.2) is 35.1 Å². The number of hydrogen-bond donors (Lipinski definition) is 3. The lowest BCUT2D eigenvalue weighted by molar-refractivity contribution is 0.0886. The van der Waals surface area contributed by atoms with Crippen molar-refractivity contribution in [3.8, 4) is 0 Å². The molecule has 1 aromatic carbocycles. The van der Waals surface area contributed by atoms with Crippen LogP contribution in [0.1, 0.15) is 47.9 Å². The first-order chi connectivity index (χ1) is 17.8. The van der Waals surface area contributed by atoms with E-state index in [4.69, 9.17) is 0 Å². The molecule has 3 aromatic rings. The average Bonchev–Trinajstić information content (AvgIpc) is 3.44. The molecule has 12 heteroatoms. The number of benzene rings is 1. The highest BCUT2D eigenvalue weighted by Crippen LogP contribution is 2.32. The molecule has 2 fully saturated rings. The van der Waals surface area contributed by atoms with Crippen molar-refractivity contribution in [1.82, 2.24) is 25.6 Å². The molecule has 198 valence electrons. The van der Waals surface area contributed by atoms with Gasteiger partial charge in [0.05, 0.1) is 23.1 Å². The van der Waals surface area contributed by atoms with Gasteiger partial charge in [0.25, 0.3) is 17.9 Å². The van der Waals surface area contributed by atoms with Gasteiger partial charge < -0.3 is 20.5 Å². The number of pyridine rings is 1. The summed E-state index contributed by atoms with van der Waals surface area (Å²) in [5.74, 6) is -0.866. The summed E-state index contributed by atoms with van der Waals surface area (Å²) >= 11 is 0. The van der Waals surface area contributed by atoms with Gasteiger partial charge in [-0.15, -0.1) is 0 Å². The van der Waals surface area contributed by atoms with Gasteiger partial charge in [0, 0.05) is 32.1 Å². The average molecular weight is 521 g/mol. The molecule has 0 bridgehead atoms. The van der Waals surface area contributed by atoms with Gasteiger partial charge in [-0.1, -0.05) is 12.8 Å². The van der Waals surface area contributed by atoms with Crippen molar-refractivity contribution in [2.75, 3.05) is 37.6 Å². The van der Waals surface area contributed by atoms with Crippen molar-refractivity contribution in [3.05, 3.63) is 64.0 Å². The summed E-state index contributed by atoms with van der Waals surface area (Å²) in [6.07, 6.45) is 1.89. The highest BCUT2D eigenvalue weighted by atomic mass is 19.3. The predicted molar refractivity (Wildman–Crippen MR) is 131 cm³/mol. The van der Waals surface area contributed by atoms with E-state index in [2.05, 4.69) is 20.3 Å². The molecule has 2 aromatic heterocycles. The highest BCUT2D eigenvalue weighted by molar-refractivity contribution is 5.92. The first kappa shape index (κ1) is 26.5. The molecule has 0 spiro atoms. The second-order valence-electron chi connectivity index (χ2n) is 8.94. The SMILES string of the molecule is O=C(NCC(F)F)c1ccc(N2CCNCC2)c(F)n1.O=c1[nH]c(C2CCCC2)nc2ccc(F)cc12. The van der Waals surface area contributed by atoms with Crippen molar-refractivity contribution >= 4 is 22.5 Å². The van der Waals surface area contributed by atoms with Crippen LogP contribution >= 0.6 is 0 Å². The molecule has 1 amide bonds. The van der Waals surface area contributed by atoms with E-state index in [-0.39, 0.29) is 11.3 Å². The number of fused-ring (bicyclic) bond motifs is 1. The zero-order valence-corrected chi connectivity index (χ0v) is 20.1. The van der Waals surface area contributed by atoms with E-state index in [0.29, 0.717) is 35.6 Å². The molecule has 0 unspecified atom stereocenters. The Hall–Kier alpha value is -3.54. The Morgan fingerprint density at radius 1 is 1.08 bits per heavy atom. The topological polar surface area (TPSA) is 103 Å². The fourth-order valence-electron chi connectivity index (χ4n) is 4.48. The number of hydrogen-bond acceptors (Lipinski definition) is 6. The zero-order valence-electron chi connectivity index (χ0n) is 20.1. The van der Waals surface area contributed by atoms with E-state index in [0.717, 1.165) is 31.8 Å². The number of aromatic amines is 1. The quantitative estimate of drug-likeness (QED) is 0.352. The number of anilines is 1. The molecular formula is C25H28F4N6O2. The van der Waals surface area contributed by atoms with Crippen LogP contribution in [0.4, 0.5) is 23.2 Å². The lowest BCUT2D eigenvalue weighted by atomic mass is 10.1. The maximum atomic E-state index is 13.9. The molecule has 5 rings (SSSR count). The third-order valence-electron chi connectivity index (χ3n) is 6.36. The van der Waals surface area contributed by atoms with Gasteiger partial charge in [-0.25, -0.2) is 23.1 Å². The molecule has 3 heterocycles. The van der Waals surface area contributed by atoms with Gasteiger partial charge >= 0.3 is 0 Å². The van der Waals surface area contributed by atoms with E-state index < -0.39 is 30.6 Å². The number of rotatable bonds is 5. The Morgan fingerprint density at radius 3 is 2.49 bits per heavy atom. The largest absolute Gasteiger partial charge is 0.365 e. The fourth-order valence-corrected chi connectivity index (χ4v) is 4.48. The van der Waals surface area contributed by atoms with Crippen molar-refractivity contribution < 1.29 is 22.4 Å². The molecule has 8 nitrogen and oxygen atoms in total. The summed E-state index contributed by atoms with van der Waals surface area (Å²) in [5, 5.41) is 5.45. The smallest absolute Gasteiger partial charge is 0.270 e. The van der Waals surface area contributed by atoms with Crippen LogP contribution in [-0.4, -0.2) is 60.0 Å². The van der Waals surface area contributed by atoms with Gasteiger partial charge in [0.15, 0.2) is 0 Å². The Bertz CT molecular complexity index is 1290. The third-order valence-corrected chi connectivity index (χ3v) is 6.36. The minimum Gasteiger partial charge on any atom is -0.365 e. The highest BCUT2D eigenvalue weighted by Gasteiger charge is 2.20. The maximum absolute atomic E-state index is 13.9. The summed E-state index contributed by atoms with van der Waals surface area (Å²) in [4.78, 5) is 35.9. The zero-order chi connectivity index (χ0) is 26.4. The lowest BCUT2D eigenvalue weighted by Crippen LogP contribution is -2.44. The van der Waals surface area contributed by atoms with Crippen LogP contribution in [0.2, 0.25) is 0 Å². The maximum Gasteiger partial charge on any atom is 0.270 e. The van der Waals surface area contributed by atoms with Crippen LogP contribution in [-0.2, 0) is 0 Å². The number of carbonyl (C=O) groups is 1. The number of alkyl halides is 2.